The Morgan fingerprint density at radius 1 is 1.19 bits per heavy atom. The zero-order valence-corrected chi connectivity index (χ0v) is 13.2. The normalized spacial score (nSPS) is 16.8. The molecule has 8 heteroatoms. The fourth-order valence-electron chi connectivity index (χ4n) is 2.33. The predicted molar refractivity (Wildman–Crippen MR) is 80.6 cm³/mol. The van der Waals surface area contributed by atoms with Crippen molar-refractivity contribution in [3.05, 3.63) is 29.6 Å². The Morgan fingerprint density at radius 2 is 1.81 bits per heavy atom. The van der Waals surface area contributed by atoms with E-state index in [1.165, 1.54) is 25.3 Å². The highest BCUT2D eigenvalue weighted by molar-refractivity contribution is 5.85. The van der Waals surface area contributed by atoms with Crippen LogP contribution >= 0.6 is 24.8 Å². The average Bonchev–Trinajstić information content (AvgIpc) is 2.42. The molecule has 1 aliphatic heterocycles. The van der Waals surface area contributed by atoms with Gasteiger partial charge in [0.2, 0.25) is 0 Å². The molecule has 3 nitrogen and oxygen atoms in total. The van der Waals surface area contributed by atoms with Gasteiger partial charge in [-0.15, -0.1) is 24.8 Å². The molecule has 2 rings (SSSR count). The van der Waals surface area contributed by atoms with Gasteiger partial charge in [-0.1, -0.05) is 0 Å². The summed E-state index contributed by atoms with van der Waals surface area (Å²) in [7, 11) is 1.43. The quantitative estimate of drug-likeness (QED) is 0.907. The highest BCUT2D eigenvalue weighted by Gasteiger charge is 2.32. The van der Waals surface area contributed by atoms with Gasteiger partial charge >= 0.3 is 0 Å². The van der Waals surface area contributed by atoms with Crippen LogP contribution in [0, 0.1) is 5.82 Å². The second-order valence-corrected chi connectivity index (χ2v) is 4.45. The molecule has 0 bridgehead atoms. The fraction of sp³-hybridized carbons (Fsp3) is 0.538. The van der Waals surface area contributed by atoms with Crippen molar-refractivity contribution < 1.29 is 17.9 Å². The standard InChI is InChI=1S/C13H17F3N2O.2ClH/c1-19-9-2-3-11(14)10(8-9)12(13(15)16)18-6-4-17-5-7-18;;/h2-3,8,12-13,17H,4-7H2,1H3;2*1H/t12-;;/m1../s1. The minimum absolute atomic E-state index is 0. The first-order chi connectivity index (χ1) is 9.13. The second-order valence-electron chi connectivity index (χ2n) is 4.45. The van der Waals surface area contributed by atoms with Crippen LogP contribution in [0.2, 0.25) is 0 Å². The molecule has 1 atom stereocenters. The molecule has 1 N–H and O–H groups in total. The Hall–Kier alpha value is -0.690. The monoisotopic (exact) mass is 346 g/mol. The van der Waals surface area contributed by atoms with Gasteiger partial charge in [0, 0.05) is 31.7 Å². The van der Waals surface area contributed by atoms with Gasteiger partial charge in [0.25, 0.3) is 6.43 Å². The Morgan fingerprint density at radius 3 is 2.33 bits per heavy atom. The molecule has 21 heavy (non-hydrogen) atoms. The summed E-state index contributed by atoms with van der Waals surface area (Å²) < 4.78 is 45.5. The van der Waals surface area contributed by atoms with E-state index >= 15 is 0 Å². The van der Waals surface area contributed by atoms with Crippen molar-refractivity contribution in [3.63, 3.8) is 0 Å². The van der Waals surface area contributed by atoms with E-state index in [9.17, 15) is 13.2 Å². The highest BCUT2D eigenvalue weighted by Crippen LogP contribution is 2.32. The number of methoxy groups -OCH3 is 1. The third-order valence-corrected chi connectivity index (χ3v) is 3.31. The maximum atomic E-state index is 13.8. The molecule has 1 aromatic rings. The fourth-order valence-corrected chi connectivity index (χ4v) is 2.33. The van der Waals surface area contributed by atoms with Crippen LogP contribution in [0.25, 0.3) is 0 Å². The number of benzene rings is 1. The first kappa shape index (κ1) is 20.3. The Labute approximate surface area is 134 Å². The number of rotatable bonds is 4. The zero-order chi connectivity index (χ0) is 13.8. The lowest BCUT2D eigenvalue weighted by Gasteiger charge is -2.34. The average molecular weight is 347 g/mol. The van der Waals surface area contributed by atoms with E-state index in [1.54, 1.807) is 4.90 Å². The zero-order valence-electron chi connectivity index (χ0n) is 11.5. The molecule has 1 heterocycles. The minimum Gasteiger partial charge on any atom is -0.497 e. The highest BCUT2D eigenvalue weighted by atomic mass is 35.5. The van der Waals surface area contributed by atoms with Gasteiger partial charge in [-0.3, -0.25) is 4.90 Å². The number of hydrogen-bond donors (Lipinski definition) is 1. The molecule has 1 fully saturated rings. The van der Waals surface area contributed by atoms with Crippen LogP contribution in [0.4, 0.5) is 13.2 Å². The van der Waals surface area contributed by atoms with Gasteiger partial charge in [-0.25, -0.2) is 13.2 Å². The molecule has 0 saturated carbocycles. The minimum atomic E-state index is -2.64. The van der Waals surface area contributed by atoms with Crippen molar-refractivity contribution in [1.82, 2.24) is 10.2 Å². The van der Waals surface area contributed by atoms with E-state index in [1.807, 2.05) is 0 Å². The number of nitrogens with one attached hydrogen (secondary N) is 1. The molecular formula is C13H19Cl2F3N2O. The lowest BCUT2D eigenvalue weighted by Crippen LogP contribution is -2.47. The smallest absolute Gasteiger partial charge is 0.258 e. The van der Waals surface area contributed by atoms with E-state index in [-0.39, 0.29) is 30.4 Å². The summed E-state index contributed by atoms with van der Waals surface area (Å²) in [5.74, 6) is -0.234. The van der Waals surface area contributed by atoms with Crippen LogP contribution in [-0.2, 0) is 0 Å². The van der Waals surface area contributed by atoms with Gasteiger partial charge < -0.3 is 10.1 Å². The molecule has 0 aliphatic carbocycles. The second kappa shape index (κ2) is 9.35. The van der Waals surface area contributed by atoms with E-state index in [0.29, 0.717) is 31.9 Å². The van der Waals surface area contributed by atoms with Gasteiger partial charge in [0.15, 0.2) is 0 Å². The maximum Gasteiger partial charge on any atom is 0.258 e. The van der Waals surface area contributed by atoms with E-state index < -0.39 is 18.3 Å². The first-order valence-electron chi connectivity index (χ1n) is 6.20. The summed E-state index contributed by atoms with van der Waals surface area (Å²) in [6, 6.07) is 2.73. The van der Waals surface area contributed by atoms with Crippen molar-refractivity contribution >= 4 is 24.8 Å². The molecular weight excluding hydrogens is 328 g/mol. The summed E-state index contributed by atoms with van der Waals surface area (Å²) in [6.07, 6.45) is -2.64. The van der Waals surface area contributed by atoms with E-state index in [0.717, 1.165) is 0 Å². The first-order valence-corrected chi connectivity index (χ1v) is 6.20. The number of halogens is 5. The van der Waals surface area contributed by atoms with Crippen molar-refractivity contribution in [2.24, 2.45) is 0 Å². The van der Waals surface area contributed by atoms with Crippen molar-refractivity contribution in [1.29, 1.82) is 0 Å². The van der Waals surface area contributed by atoms with Crippen molar-refractivity contribution in [3.8, 4) is 5.75 Å². The maximum absolute atomic E-state index is 13.8. The molecule has 0 unspecified atom stereocenters. The largest absolute Gasteiger partial charge is 0.497 e. The van der Waals surface area contributed by atoms with E-state index in [4.69, 9.17) is 4.74 Å². The third kappa shape index (κ3) is 4.92. The lowest BCUT2D eigenvalue weighted by molar-refractivity contribution is 0.0163. The van der Waals surface area contributed by atoms with Crippen LogP contribution in [0.1, 0.15) is 11.6 Å². The summed E-state index contributed by atoms with van der Waals surface area (Å²) in [4.78, 5) is 1.61. The summed E-state index contributed by atoms with van der Waals surface area (Å²) in [6.45, 7) is 2.22. The number of hydrogen-bond acceptors (Lipinski definition) is 3. The predicted octanol–water partition coefficient (Wildman–Crippen LogP) is 2.89. The number of piperazine rings is 1. The lowest BCUT2D eigenvalue weighted by atomic mass is 10.0. The van der Waals surface area contributed by atoms with Crippen LogP contribution in [-0.4, -0.2) is 44.6 Å². The Bertz CT molecular complexity index is 432. The molecule has 122 valence electrons. The third-order valence-electron chi connectivity index (χ3n) is 3.31. The Balaban J connectivity index is 0.00000200. The van der Waals surface area contributed by atoms with Crippen LogP contribution in [0.5, 0.6) is 5.75 Å². The molecule has 0 radical (unpaired) electrons. The number of alkyl halides is 2. The number of nitrogens with zero attached hydrogens (tertiary/aromatic N) is 1. The van der Waals surface area contributed by atoms with E-state index in [2.05, 4.69) is 5.32 Å². The molecule has 0 aromatic heterocycles. The molecule has 1 saturated heterocycles. The Kier molecular flexibility index (Phi) is 9.04. The van der Waals surface area contributed by atoms with Gasteiger partial charge in [0.1, 0.15) is 11.6 Å². The SMILES string of the molecule is COc1ccc(F)c([C@H](C(F)F)N2CCNCC2)c1.Cl.Cl. The summed E-state index contributed by atoms with van der Waals surface area (Å²) in [5, 5.41) is 3.09. The molecule has 0 amide bonds. The molecule has 1 aromatic carbocycles. The molecule has 1 aliphatic rings. The van der Waals surface area contributed by atoms with Crippen LogP contribution in [0.3, 0.4) is 0 Å². The van der Waals surface area contributed by atoms with Crippen molar-refractivity contribution in [2.75, 3.05) is 33.3 Å². The summed E-state index contributed by atoms with van der Waals surface area (Å²) in [5.41, 5.74) is -0.00347. The van der Waals surface area contributed by atoms with Gasteiger partial charge in [-0.2, -0.15) is 0 Å². The molecule has 0 spiro atoms. The van der Waals surface area contributed by atoms with Gasteiger partial charge in [-0.05, 0) is 18.2 Å². The summed E-state index contributed by atoms with van der Waals surface area (Å²) >= 11 is 0. The topological polar surface area (TPSA) is 24.5 Å². The van der Waals surface area contributed by atoms with Crippen LogP contribution in [0.15, 0.2) is 18.2 Å². The van der Waals surface area contributed by atoms with Gasteiger partial charge in [0.05, 0.1) is 13.2 Å². The van der Waals surface area contributed by atoms with Crippen LogP contribution < -0.4 is 10.1 Å². The number of ether oxygens (including phenoxy) is 1. The van der Waals surface area contributed by atoms with Crippen molar-refractivity contribution in [2.45, 2.75) is 12.5 Å².